The van der Waals surface area contributed by atoms with E-state index in [0.29, 0.717) is 12.5 Å². The lowest BCUT2D eigenvalue weighted by Crippen LogP contribution is -2.32. The lowest BCUT2D eigenvalue weighted by Gasteiger charge is -2.14. The third-order valence-corrected chi connectivity index (χ3v) is 3.76. The fraction of sp³-hybridized carbons (Fsp3) is 0.357. The Morgan fingerprint density at radius 1 is 1.56 bits per heavy atom. The number of hydrogen-bond donors (Lipinski definition) is 2. The first-order valence-electron chi connectivity index (χ1n) is 6.07. The molecule has 3 N–H and O–H groups in total. The number of nitrogens with zero attached hydrogens (tertiary/aromatic N) is 1. The Kier molecular flexibility index (Phi) is 4.07. The summed E-state index contributed by atoms with van der Waals surface area (Å²) in [6.07, 6.45) is 4.13. The largest absolute Gasteiger partial charge is 0.370 e. The second-order valence-electron chi connectivity index (χ2n) is 4.66. The normalized spacial score (nSPS) is 17.3. The highest BCUT2D eigenvalue weighted by Gasteiger charge is 2.44. The molecule has 1 aliphatic rings. The quantitative estimate of drug-likeness (QED) is 0.499. The van der Waals surface area contributed by atoms with Crippen molar-refractivity contribution in [2.75, 3.05) is 13.1 Å². The van der Waals surface area contributed by atoms with Gasteiger partial charge in [-0.25, -0.2) is 0 Å². The van der Waals surface area contributed by atoms with Gasteiger partial charge in [0.25, 0.3) is 0 Å². The molecule has 0 atom stereocenters. The SMILES string of the molecule is C=CCNC(N)=NCC1(c2cccc(Br)c2)CC1. The molecule has 3 nitrogen and oxygen atoms in total. The standard InChI is InChI=1S/C14H18BrN3/c1-2-8-17-13(16)18-10-14(6-7-14)11-4-3-5-12(15)9-11/h2-5,9H,1,6-8,10H2,(H3,16,17,18). The van der Waals surface area contributed by atoms with Gasteiger partial charge in [-0.2, -0.15) is 0 Å². The molecule has 0 bridgehead atoms. The van der Waals surface area contributed by atoms with E-state index >= 15 is 0 Å². The summed E-state index contributed by atoms with van der Waals surface area (Å²) in [5, 5.41) is 3.00. The molecular formula is C14H18BrN3. The zero-order valence-corrected chi connectivity index (χ0v) is 11.9. The first-order chi connectivity index (χ1) is 8.66. The van der Waals surface area contributed by atoms with E-state index in [1.165, 1.54) is 18.4 Å². The number of benzene rings is 1. The number of rotatable bonds is 5. The monoisotopic (exact) mass is 307 g/mol. The van der Waals surface area contributed by atoms with Crippen LogP contribution in [0.3, 0.4) is 0 Å². The molecule has 0 amide bonds. The molecule has 0 heterocycles. The van der Waals surface area contributed by atoms with E-state index in [0.717, 1.165) is 11.0 Å². The Hall–Kier alpha value is -1.29. The maximum absolute atomic E-state index is 5.78. The average molecular weight is 308 g/mol. The van der Waals surface area contributed by atoms with Gasteiger partial charge in [0.1, 0.15) is 0 Å². The molecule has 0 saturated heterocycles. The van der Waals surface area contributed by atoms with Crippen LogP contribution in [0.1, 0.15) is 18.4 Å². The van der Waals surface area contributed by atoms with E-state index < -0.39 is 0 Å². The molecule has 0 unspecified atom stereocenters. The van der Waals surface area contributed by atoms with Crippen LogP contribution in [0, 0.1) is 0 Å². The fourth-order valence-electron chi connectivity index (χ4n) is 1.98. The second-order valence-corrected chi connectivity index (χ2v) is 5.58. The van der Waals surface area contributed by atoms with Crippen LogP contribution >= 0.6 is 15.9 Å². The summed E-state index contributed by atoms with van der Waals surface area (Å²) < 4.78 is 1.12. The summed E-state index contributed by atoms with van der Waals surface area (Å²) in [7, 11) is 0. The third-order valence-electron chi connectivity index (χ3n) is 3.27. The van der Waals surface area contributed by atoms with Crippen molar-refractivity contribution in [1.29, 1.82) is 0 Å². The van der Waals surface area contributed by atoms with Crippen molar-refractivity contribution in [3.63, 3.8) is 0 Å². The van der Waals surface area contributed by atoms with Crippen LogP contribution in [0.4, 0.5) is 0 Å². The van der Waals surface area contributed by atoms with Crippen LogP contribution < -0.4 is 11.1 Å². The fourth-order valence-corrected chi connectivity index (χ4v) is 2.38. The summed E-state index contributed by atoms with van der Waals surface area (Å²) in [6, 6.07) is 8.46. The predicted molar refractivity (Wildman–Crippen MR) is 79.7 cm³/mol. The summed E-state index contributed by atoms with van der Waals surface area (Å²) >= 11 is 3.51. The van der Waals surface area contributed by atoms with Crippen LogP contribution in [0.15, 0.2) is 46.4 Å². The van der Waals surface area contributed by atoms with Gasteiger partial charge in [-0.15, -0.1) is 6.58 Å². The molecule has 96 valence electrons. The van der Waals surface area contributed by atoms with Crippen molar-refractivity contribution in [3.8, 4) is 0 Å². The van der Waals surface area contributed by atoms with E-state index in [-0.39, 0.29) is 5.41 Å². The molecule has 0 aliphatic heterocycles. The molecule has 18 heavy (non-hydrogen) atoms. The molecule has 0 spiro atoms. The van der Waals surface area contributed by atoms with Gasteiger partial charge in [-0.3, -0.25) is 4.99 Å². The summed E-state index contributed by atoms with van der Waals surface area (Å²) in [5.74, 6) is 0.496. The highest BCUT2D eigenvalue weighted by molar-refractivity contribution is 9.10. The van der Waals surface area contributed by atoms with Crippen molar-refractivity contribution in [2.24, 2.45) is 10.7 Å². The molecule has 0 radical (unpaired) electrons. The van der Waals surface area contributed by atoms with E-state index in [2.05, 4.69) is 51.0 Å². The van der Waals surface area contributed by atoms with Crippen molar-refractivity contribution in [3.05, 3.63) is 47.0 Å². The molecule has 1 fully saturated rings. The van der Waals surface area contributed by atoms with Crippen LogP contribution in [-0.4, -0.2) is 19.0 Å². The summed E-state index contributed by atoms with van der Waals surface area (Å²) in [5.41, 5.74) is 7.33. The maximum atomic E-state index is 5.78. The molecule has 1 aromatic carbocycles. The van der Waals surface area contributed by atoms with Gasteiger partial charge in [-0.05, 0) is 30.5 Å². The number of guanidine groups is 1. The minimum Gasteiger partial charge on any atom is -0.370 e. The van der Waals surface area contributed by atoms with Crippen LogP contribution in [0.5, 0.6) is 0 Å². The molecule has 0 aromatic heterocycles. The number of nitrogens with one attached hydrogen (secondary N) is 1. The van der Waals surface area contributed by atoms with Crippen molar-refractivity contribution in [2.45, 2.75) is 18.3 Å². The van der Waals surface area contributed by atoms with Crippen LogP contribution in [-0.2, 0) is 5.41 Å². The number of hydrogen-bond acceptors (Lipinski definition) is 1. The topological polar surface area (TPSA) is 50.4 Å². The first-order valence-corrected chi connectivity index (χ1v) is 6.86. The highest BCUT2D eigenvalue weighted by atomic mass is 79.9. The van der Waals surface area contributed by atoms with Gasteiger partial charge >= 0.3 is 0 Å². The van der Waals surface area contributed by atoms with Gasteiger partial charge in [0.05, 0.1) is 6.54 Å². The third kappa shape index (κ3) is 3.13. The van der Waals surface area contributed by atoms with Gasteiger partial charge < -0.3 is 11.1 Å². The molecule has 4 heteroatoms. The Balaban J connectivity index is 2.02. The molecule has 1 aromatic rings. The summed E-state index contributed by atoms with van der Waals surface area (Å²) in [6.45, 7) is 5.03. The van der Waals surface area contributed by atoms with Crippen molar-refractivity contribution < 1.29 is 0 Å². The van der Waals surface area contributed by atoms with Gasteiger partial charge in [0.2, 0.25) is 0 Å². The smallest absolute Gasteiger partial charge is 0.188 e. The number of aliphatic imine (C=N–C) groups is 1. The van der Waals surface area contributed by atoms with Crippen molar-refractivity contribution in [1.82, 2.24) is 5.32 Å². The number of halogens is 1. The van der Waals surface area contributed by atoms with E-state index in [1.807, 2.05) is 6.07 Å². The molecule has 2 rings (SSSR count). The molecule has 1 saturated carbocycles. The zero-order chi connectivity index (χ0) is 13.0. The van der Waals surface area contributed by atoms with Crippen LogP contribution in [0.2, 0.25) is 0 Å². The van der Waals surface area contributed by atoms with Crippen LogP contribution in [0.25, 0.3) is 0 Å². The summed E-state index contributed by atoms with van der Waals surface area (Å²) in [4.78, 5) is 4.42. The number of nitrogens with two attached hydrogens (primary N) is 1. The lowest BCUT2D eigenvalue weighted by atomic mass is 9.96. The average Bonchev–Trinajstić information content (AvgIpc) is 3.15. The zero-order valence-electron chi connectivity index (χ0n) is 10.3. The van der Waals surface area contributed by atoms with Gasteiger partial charge in [0, 0.05) is 16.4 Å². The lowest BCUT2D eigenvalue weighted by molar-refractivity contribution is 0.701. The highest BCUT2D eigenvalue weighted by Crippen LogP contribution is 2.48. The molecule has 1 aliphatic carbocycles. The molecular weight excluding hydrogens is 290 g/mol. The Morgan fingerprint density at radius 3 is 2.94 bits per heavy atom. The first kappa shape index (κ1) is 13.1. The Morgan fingerprint density at radius 2 is 2.33 bits per heavy atom. The minimum atomic E-state index is 0.199. The van der Waals surface area contributed by atoms with E-state index in [9.17, 15) is 0 Å². The van der Waals surface area contributed by atoms with Gasteiger partial charge in [-0.1, -0.05) is 34.1 Å². The van der Waals surface area contributed by atoms with E-state index in [4.69, 9.17) is 5.73 Å². The maximum Gasteiger partial charge on any atom is 0.188 e. The Bertz CT molecular complexity index is 464. The second kappa shape index (κ2) is 5.57. The van der Waals surface area contributed by atoms with E-state index in [1.54, 1.807) is 6.08 Å². The Labute approximate surface area is 116 Å². The van der Waals surface area contributed by atoms with Gasteiger partial charge in [0.15, 0.2) is 5.96 Å². The van der Waals surface area contributed by atoms with Crippen molar-refractivity contribution >= 4 is 21.9 Å². The predicted octanol–water partition coefficient (Wildman–Crippen LogP) is 2.57. The minimum absolute atomic E-state index is 0.199.